The van der Waals surface area contributed by atoms with E-state index in [1.807, 2.05) is 0 Å². The Balaban J connectivity index is 2.57. The third-order valence-corrected chi connectivity index (χ3v) is 1.97. The van der Waals surface area contributed by atoms with Crippen molar-refractivity contribution in [2.45, 2.75) is 0 Å². The number of rotatable bonds is 2. The van der Waals surface area contributed by atoms with Gasteiger partial charge in [0.05, 0.1) is 5.56 Å². The van der Waals surface area contributed by atoms with Crippen LogP contribution >= 0.6 is 0 Å². The zero-order valence-electron chi connectivity index (χ0n) is 8.22. The predicted octanol–water partition coefficient (Wildman–Crippen LogP) is 1.45. The van der Waals surface area contributed by atoms with Gasteiger partial charge >= 0.3 is 5.97 Å². The fourth-order valence-corrected chi connectivity index (χ4v) is 1.24. The monoisotopic (exact) mass is 233 g/mol. The van der Waals surface area contributed by atoms with Crippen molar-refractivity contribution in [3.8, 4) is 17.5 Å². The summed E-state index contributed by atoms with van der Waals surface area (Å²) in [4.78, 5) is 14.1. The Labute approximate surface area is 93.9 Å². The molecular formula is C10H4FN3O3. The fourth-order valence-electron chi connectivity index (χ4n) is 1.24. The Morgan fingerprint density at radius 2 is 2.29 bits per heavy atom. The van der Waals surface area contributed by atoms with Crippen molar-refractivity contribution in [3.05, 3.63) is 35.4 Å². The summed E-state index contributed by atoms with van der Waals surface area (Å²) in [6, 6.07) is 5.51. The summed E-state index contributed by atoms with van der Waals surface area (Å²) >= 11 is 0. The van der Waals surface area contributed by atoms with Crippen molar-refractivity contribution in [2.75, 3.05) is 0 Å². The normalized spacial score (nSPS) is 9.88. The smallest absolute Gasteiger partial charge is 0.377 e. The minimum atomic E-state index is -1.37. The van der Waals surface area contributed by atoms with Gasteiger partial charge in [0.15, 0.2) is 0 Å². The molecule has 6 nitrogen and oxygen atoms in total. The highest BCUT2D eigenvalue weighted by molar-refractivity contribution is 5.83. The molecule has 0 unspecified atom stereocenters. The fraction of sp³-hybridized carbons (Fsp3) is 0. The van der Waals surface area contributed by atoms with Crippen molar-refractivity contribution >= 4 is 5.97 Å². The summed E-state index contributed by atoms with van der Waals surface area (Å²) in [5, 5.41) is 20.6. The maximum Gasteiger partial charge on any atom is 0.377 e. The van der Waals surface area contributed by atoms with Crippen LogP contribution in [0.5, 0.6) is 0 Å². The van der Waals surface area contributed by atoms with E-state index in [0.717, 1.165) is 6.07 Å². The molecule has 0 amide bonds. The number of hydrogen-bond donors (Lipinski definition) is 1. The lowest BCUT2D eigenvalue weighted by Crippen LogP contribution is -1.98. The number of nitrogens with zero attached hydrogens (tertiary/aromatic N) is 3. The molecule has 0 aliphatic carbocycles. The van der Waals surface area contributed by atoms with Gasteiger partial charge in [-0.2, -0.15) is 10.2 Å². The van der Waals surface area contributed by atoms with Gasteiger partial charge in [0, 0.05) is 0 Å². The topological polar surface area (TPSA) is 100 Å². The SMILES string of the molecule is N#Cc1c(F)cccc1-c1nc(C(=O)O)no1. The Morgan fingerprint density at radius 3 is 2.88 bits per heavy atom. The number of carbonyl (C=O) groups is 1. The second-order valence-electron chi connectivity index (χ2n) is 3.00. The first-order chi connectivity index (χ1) is 8.13. The van der Waals surface area contributed by atoms with Crippen molar-refractivity contribution in [3.63, 3.8) is 0 Å². The van der Waals surface area contributed by atoms with Gasteiger partial charge in [0.1, 0.15) is 17.4 Å². The van der Waals surface area contributed by atoms with Crippen molar-refractivity contribution < 1.29 is 18.8 Å². The summed E-state index contributed by atoms with van der Waals surface area (Å²) in [6.07, 6.45) is 0. The molecule has 2 aromatic rings. The molecule has 0 aliphatic heterocycles. The quantitative estimate of drug-likeness (QED) is 0.842. The van der Waals surface area contributed by atoms with Crippen LogP contribution in [0.2, 0.25) is 0 Å². The average molecular weight is 233 g/mol. The Hall–Kier alpha value is -2.75. The maximum absolute atomic E-state index is 13.3. The van der Waals surface area contributed by atoms with Crippen LogP contribution < -0.4 is 0 Å². The second kappa shape index (κ2) is 4.02. The maximum atomic E-state index is 13.3. The van der Waals surface area contributed by atoms with E-state index < -0.39 is 17.6 Å². The molecule has 17 heavy (non-hydrogen) atoms. The molecule has 1 N–H and O–H groups in total. The third-order valence-electron chi connectivity index (χ3n) is 1.97. The van der Waals surface area contributed by atoms with E-state index in [4.69, 9.17) is 10.4 Å². The minimum absolute atomic E-state index is 0.0625. The summed E-state index contributed by atoms with van der Waals surface area (Å²) in [7, 11) is 0. The number of halogens is 1. The molecule has 2 rings (SSSR count). The Kier molecular flexibility index (Phi) is 2.54. The second-order valence-corrected chi connectivity index (χ2v) is 3.00. The van der Waals surface area contributed by atoms with E-state index in [2.05, 4.69) is 14.7 Å². The molecule has 0 saturated carbocycles. The highest BCUT2D eigenvalue weighted by Gasteiger charge is 2.18. The highest BCUT2D eigenvalue weighted by Crippen LogP contribution is 2.23. The number of hydrogen-bond acceptors (Lipinski definition) is 5. The largest absolute Gasteiger partial charge is 0.475 e. The average Bonchev–Trinajstić information content (AvgIpc) is 2.77. The molecule has 0 fully saturated rings. The first-order valence-electron chi connectivity index (χ1n) is 4.39. The lowest BCUT2D eigenvalue weighted by molar-refractivity contribution is 0.0680. The number of aromatic carboxylic acids is 1. The van der Waals surface area contributed by atoms with Gasteiger partial charge in [0.25, 0.3) is 11.7 Å². The molecule has 0 radical (unpaired) electrons. The van der Waals surface area contributed by atoms with Crippen LogP contribution in [0.3, 0.4) is 0 Å². The molecule has 84 valence electrons. The molecular weight excluding hydrogens is 229 g/mol. The molecule has 0 saturated heterocycles. The van der Waals surface area contributed by atoms with Crippen molar-refractivity contribution in [2.24, 2.45) is 0 Å². The van der Waals surface area contributed by atoms with Crippen LogP contribution in [0.4, 0.5) is 4.39 Å². The number of benzene rings is 1. The minimum Gasteiger partial charge on any atom is -0.475 e. The molecule has 1 aromatic heterocycles. The van der Waals surface area contributed by atoms with Gasteiger partial charge in [-0.15, -0.1) is 0 Å². The molecule has 0 bridgehead atoms. The molecule has 1 aromatic carbocycles. The summed E-state index contributed by atoms with van der Waals surface area (Å²) in [5.74, 6) is -2.86. The van der Waals surface area contributed by atoms with E-state index in [1.54, 1.807) is 6.07 Å². The van der Waals surface area contributed by atoms with Crippen molar-refractivity contribution in [1.82, 2.24) is 10.1 Å². The zero-order valence-corrected chi connectivity index (χ0v) is 8.22. The van der Waals surface area contributed by atoms with E-state index in [9.17, 15) is 9.18 Å². The number of carboxylic acids is 1. The van der Waals surface area contributed by atoms with Crippen LogP contribution in [0, 0.1) is 17.1 Å². The van der Waals surface area contributed by atoms with E-state index in [-0.39, 0.29) is 17.0 Å². The molecule has 0 spiro atoms. The Bertz CT molecular complexity index is 630. The van der Waals surface area contributed by atoms with Gasteiger partial charge in [0.2, 0.25) is 0 Å². The number of carboxylic acid groups (broad SMARTS) is 1. The summed E-state index contributed by atoms with van der Waals surface area (Å²) < 4.78 is 17.9. The summed E-state index contributed by atoms with van der Waals surface area (Å²) in [5.41, 5.74) is -0.208. The number of aromatic nitrogens is 2. The first kappa shape index (κ1) is 10.8. The highest BCUT2D eigenvalue weighted by atomic mass is 19.1. The van der Waals surface area contributed by atoms with E-state index in [1.165, 1.54) is 12.1 Å². The standard InChI is InChI=1S/C10H4FN3O3/c11-7-3-1-2-5(6(7)4-12)9-13-8(10(15)16)14-17-9/h1-3H,(H,15,16). The van der Waals surface area contributed by atoms with Crippen LogP contribution in [0.15, 0.2) is 22.7 Å². The lowest BCUT2D eigenvalue weighted by atomic mass is 10.1. The number of nitriles is 1. The van der Waals surface area contributed by atoms with Crippen LogP contribution in [-0.2, 0) is 0 Å². The molecule has 0 atom stereocenters. The molecule has 1 heterocycles. The lowest BCUT2D eigenvalue weighted by Gasteiger charge is -1.97. The van der Waals surface area contributed by atoms with Gasteiger partial charge < -0.3 is 9.63 Å². The summed E-state index contributed by atoms with van der Waals surface area (Å²) in [6.45, 7) is 0. The zero-order chi connectivity index (χ0) is 12.4. The molecule has 7 heteroatoms. The predicted molar refractivity (Wildman–Crippen MR) is 51.4 cm³/mol. The van der Waals surface area contributed by atoms with Crippen molar-refractivity contribution in [1.29, 1.82) is 5.26 Å². The Morgan fingerprint density at radius 1 is 1.53 bits per heavy atom. The van der Waals surface area contributed by atoms with Crippen LogP contribution in [0.25, 0.3) is 11.5 Å². The van der Waals surface area contributed by atoms with Gasteiger partial charge in [-0.05, 0) is 17.3 Å². The van der Waals surface area contributed by atoms with E-state index >= 15 is 0 Å². The van der Waals surface area contributed by atoms with Gasteiger partial charge in [-0.25, -0.2) is 9.18 Å². The van der Waals surface area contributed by atoms with Crippen LogP contribution in [0.1, 0.15) is 16.2 Å². The first-order valence-corrected chi connectivity index (χ1v) is 4.39. The third kappa shape index (κ3) is 1.83. The van der Waals surface area contributed by atoms with Crippen LogP contribution in [-0.4, -0.2) is 21.2 Å². The van der Waals surface area contributed by atoms with E-state index in [0.29, 0.717) is 0 Å². The molecule has 0 aliphatic rings. The van der Waals surface area contributed by atoms with Gasteiger partial charge in [-0.3, -0.25) is 0 Å². The van der Waals surface area contributed by atoms with Gasteiger partial charge in [-0.1, -0.05) is 6.07 Å².